The first-order chi connectivity index (χ1) is 9.11. The zero-order valence-electron chi connectivity index (χ0n) is 10.3. The van der Waals surface area contributed by atoms with Gasteiger partial charge in [-0.05, 0) is 30.0 Å². The van der Waals surface area contributed by atoms with Gasteiger partial charge in [0.15, 0.2) is 0 Å². The van der Waals surface area contributed by atoms with E-state index in [1.165, 1.54) is 10.9 Å². The van der Waals surface area contributed by atoms with Gasteiger partial charge in [-0.2, -0.15) is 0 Å². The minimum Gasteiger partial charge on any atom is -0.372 e. The topological polar surface area (TPSA) is 55.2 Å². The van der Waals surface area contributed by atoms with Crippen LogP contribution in [0.3, 0.4) is 0 Å². The average molecular weight is 341 g/mol. The van der Waals surface area contributed by atoms with Crippen molar-refractivity contribution in [2.75, 3.05) is 5.32 Å². The Morgan fingerprint density at radius 3 is 2.84 bits per heavy atom. The fourth-order valence-electron chi connectivity index (χ4n) is 1.83. The summed E-state index contributed by atoms with van der Waals surface area (Å²) >= 11 is 4.91. The average Bonchev–Trinajstić information content (AvgIpc) is 2.90. The first-order valence-electron chi connectivity index (χ1n) is 5.85. The van der Waals surface area contributed by atoms with Crippen LogP contribution in [0.2, 0.25) is 0 Å². The zero-order valence-corrected chi connectivity index (χ0v) is 12.7. The van der Waals surface area contributed by atoms with Gasteiger partial charge in [-0.15, -0.1) is 11.3 Å². The first kappa shape index (κ1) is 14.0. The van der Waals surface area contributed by atoms with Crippen LogP contribution in [0.4, 0.5) is 11.4 Å². The molecular weight excluding hydrogens is 328 g/mol. The molecule has 0 aliphatic carbocycles. The fraction of sp³-hybridized carbons (Fsp3) is 0.231. The summed E-state index contributed by atoms with van der Waals surface area (Å²) in [6.07, 6.45) is 0.869. The Labute approximate surface area is 123 Å². The van der Waals surface area contributed by atoms with Crippen molar-refractivity contribution in [1.29, 1.82) is 0 Å². The molecule has 0 saturated heterocycles. The molecule has 0 aliphatic heterocycles. The summed E-state index contributed by atoms with van der Waals surface area (Å²) in [6.45, 7) is 2.06. The number of hydrogen-bond donors (Lipinski definition) is 1. The molecule has 0 saturated carbocycles. The van der Waals surface area contributed by atoms with E-state index < -0.39 is 0 Å². The summed E-state index contributed by atoms with van der Waals surface area (Å²) in [5.74, 6) is 0. The van der Waals surface area contributed by atoms with Gasteiger partial charge < -0.3 is 5.32 Å². The number of rotatable bonds is 5. The zero-order chi connectivity index (χ0) is 13.8. The van der Waals surface area contributed by atoms with E-state index in [1.54, 1.807) is 23.5 Å². The molecule has 0 spiro atoms. The molecular formula is C13H13BrN2O2S. The Bertz CT molecular complexity index is 572. The summed E-state index contributed by atoms with van der Waals surface area (Å²) in [5, 5.41) is 16.3. The summed E-state index contributed by atoms with van der Waals surface area (Å²) < 4.78 is 0.703. The SMILES string of the molecule is CCC(Nc1ccc(Br)cc1[N+](=O)[O-])c1cccs1. The van der Waals surface area contributed by atoms with Gasteiger partial charge in [0, 0.05) is 15.4 Å². The Morgan fingerprint density at radius 1 is 1.47 bits per heavy atom. The molecule has 2 aromatic rings. The minimum absolute atomic E-state index is 0.0874. The highest BCUT2D eigenvalue weighted by molar-refractivity contribution is 9.10. The molecule has 0 aliphatic rings. The lowest BCUT2D eigenvalue weighted by Gasteiger charge is -2.17. The molecule has 0 radical (unpaired) electrons. The highest BCUT2D eigenvalue weighted by Gasteiger charge is 2.18. The van der Waals surface area contributed by atoms with Crippen molar-refractivity contribution < 1.29 is 4.92 Å². The van der Waals surface area contributed by atoms with Gasteiger partial charge in [0.05, 0.1) is 11.0 Å². The number of anilines is 1. The molecule has 100 valence electrons. The van der Waals surface area contributed by atoms with E-state index in [0.717, 1.165) is 6.42 Å². The normalized spacial score (nSPS) is 12.1. The van der Waals surface area contributed by atoms with Crippen LogP contribution < -0.4 is 5.32 Å². The maximum atomic E-state index is 11.1. The van der Waals surface area contributed by atoms with Crippen LogP contribution in [0.5, 0.6) is 0 Å². The monoisotopic (exact) mass is 340 g/mol. The molecule has 1 atom stereocenters. The van der Waals surface area contributed by atoms with Crippen LogP contribution in [0.25, 0.3) is 0 Å². The number of nitrogens with zero attached hydrogens (tertiary/aromatic N) is 1. The molecule has 4 nitrogen and oxygen atoms in total. The molecule has 6 heteroatoms. The van der Waals surface area contributed by atoms with E-state index in [-0.39, 0.29) is 16.7 Å². The predicted octanol–water partition coefficient (Wildman–Crippen LogP) is 4.98. The molecule has 1 aromatic carbocycles. The molecule has 2 rings (SSSR count). The summed E-state index contributed by atoms with van der Waals surface area (Å²) in [6, 6.07) is 9.18. The van der Waals surface area contributed by atoms with Crippen molar-refractivity contribution in [3.8, 4) is 0 Å². The lowest BCUT2D eigenvalue weighted by atomic mass is 10.1. The molecule has 0 bridgehead atoms. The van der Waals surface area contributed by atoms with Gasteiger partial charge in [-0.3, -0.25) is 10.1 Å². The summed E-state index contributed by atoms with van der Waals surface area (Å²) in [5.41, 5.74) is 0.637. The molecule has 1 aromatic heterocycles. The third-order valence-electron chi connectivity index (χ3n) is 2.78. The van der Waals surface area contributed by atoms with E-state index in [4.69, 9.17) is 0 Å². The van der Waals surface area contributed by atoms with Crippen molar-refractivity contribution in [1.82, 2.24) is 0 Å². The van der Waals surface area contributed by atoms with Crippen molar-refractivity contribution in [3.05, 3.63) is 55.2 Å². The highest BCUT2D eigenvalue weighted by atomic mass is 79.9. The van der Waals surface area contributed by atoms with Gasteiger partial charge in [-0.1, -0.05) is 28.9 Å². The number of nitro benzene ring substituents is 1. The number of halogens is 1. The largest absolute Gasteiger partial charge is 0.372 e. The summed E-state index contributed by atoms with van der Waals surface area (Å²) in [4.78, 5) is 11.9. The quantitative estimate of drug-likeness (QED) is 0.616. The number of benzene rings is 1. The number of nitrogens with one attached hydrogen (secondary N) is 1. The van der Waals surface area contributed by atoms with Crippen LogP contribution in [-0.2, 0) is 0 Å². The van der Waals surface area contributed by atoms with Gasteiger partial charge in [0.25, 0.3) is 5.69 Å². The maximum Gasteiger partial charge on any atom is 0.293 e. The Hall–Kier alpha value is -1.40. The van der Waals surface area contributed by atoms with Crippen LogP contribution >= 0.6 is 27.3 Å². The highest BCUT2D eigenvalue weighted by Crippen LogP contribution is 2.33. The summed E-state index contributed by atoms with van der Waals surface area (Å²) in [7, 11) is 0. The first-order valence-corrected chi connectivity index (χ1v) is 7.53. The van der Waals surface area contributed by atoms with Gasteiger partial charge in [0.1, 0.15) is 5.69 Å². The van der Waals surface area contributed by atoms with Crippen molar-refractivity contribution in [2.45, 2.75) is 19.4 Å². The second-order valence-electron chi connectivity index (χ2n) is 4.04. The second kappa shape index (κ2) is 6.16. The third kappa shape index (κ3) is 3.33. The van der Waals surface area contributed by atoms with Gasteiger partial charge >= 0.3 is 0 Å². The van der Waals surface area contributed by atoms with Crippen molar-refractivity contribution in [3.63, 3.8) is 0 Å². The van der Waals surface area contributed by atoms with E-state index in [0.29, 0.717) is 10.2 Å². The maximum absolute atomic E-state index is 11.1. The van der Waals surface area contributed by atoms with E-state index in [9.17, 15) is 10.1 Å². The lowest BCUT2D eigenvalue weighted by molar-refractivity contribution is -0.384. The Balaban J connectivity index is 2.29. The molecule has 0 fully saturated rings. The van der Waals surface area contributed by atoms with Crippen LogP contribution in [0.15, 0.2) is 40.2 Å². The molecule has 1 N–H and O–H groups in total. The van der Waals surface area contributed by atoms with Gasteiger partial charge in [-0.25, -0.2) is 0 Å². The Kier molecular flexibility index (Phi) is 4.55. The van der Waals surface area contributed by atoms with Crippen LogP contribution in [0, 0.1) is 10.1 Å². The lowest BCUT2D eigenvalue weighted by Crippen LogP contribution is -2.09. The van der Waals surface area contributed by atoms with E-state index in [2.05, 4.69) is 28.2 Å². The van der Waals surface area contributed by atoms with E-state index in [1.807, 2.05) is 17.5 Å². The number of hydrogen-bond acceptors (Lipinski definition) is 4. The van der Waals surface area contributed by atoms with Crippen molar-refractivity contribution in [2.24, 2.45) is 0 Å². The molecule has 1 heterocycles. The van der Waals surface area contributed by atoms with Crippen LogP contribution in [0.1, 0.15) is 24.3 Å². The standard InChI is InChI=1S/C13H13BrN2O2S/c1-2-10(13-4-3-7-19-13)15-11-6-5-9(14)8-12(11)16(17)18/h3-8,10,15H,2H2,1H3. The molecule has 19 heavy (non-hydrogen) atoms. The Morgan fingerprint density at radius 2 is 2.26 bits per heavy atom. The molecule has 0 amide bonds. The minimum atomic E-state index is -0.367. The smallest absolute Gasteiger partial charge is 0.293 e. The van der Waals surface area contributed by atoms with Gasteiger partial charge in [0.2, 0.25) is 0 Å². The predicted molar refractivity (Wildman–Crippen MR) is 81.8 cm³/mol. The van der Waals surface area contributed by atoms with E-state index >= 15 is 0 Å². The van der Waals surface area contributed by atoms with Crippen molar-refractivity contribution >= 4 is 38.6 Å². The number of nitro groups is 1. The van der Waals surface area contributed by atoms with Crippen LogP contribution in [-0.4, -0.2) is 4.92 Å². The second-order valence-corrected chi connectivity index (χ2v) is 5.93. The number of thiophene rings is 1. The fourth-order valence-corrected chi connectivity index (χ4v) is 3.04. The molecule has 1 unspecified atom stereocenters. The third-order valence-corrected chi connectivity index (χ3v) is 4.26.